The number of sulfonamides is 1. The Labute approximate surface area is 383 Å². The minimum Gasteiger partial charge on any atom is -0.452 e. The van der Waals surface area contributed by atoms with Crippen LogP contribution in [0.3, 0.4) is 0 Å². The van der Waals surface area contributed by atoms with E-state index < -0.39 is 54.6 Å². The summed E-state index contributed by atoms with van der Waals surface area (Å²) in [4.78, 5) is 36.1. The quantitative estimate of drug-likeness (QED) is 0.0502. The number of nitrogens with one attached hydrogen (secondary N) is 3. The summed E-state index contributed by atoms with van der Waals surface area (Å²) >= 11 is 0. The van der Waals surface area contributed by atoms with Crippen LogP contribution in [0, 0.1) is 33.2 Å². The van der Waals surface area contributed by atoms with Gasteiger partial charge in [0.25, 0.3) is 27.6 Å². The van der Waals surface area contributed by atoms with Gasteiger partial charge in [0.05, 0.1) is 26.4 Å². The number of carbonyl (C=O) groups is 1. The number of nitrogens with zero attached hydrogens (tertiary/aromatic N) is 4. The first-order valence-corrected chi connectivity index (χ1v) is 24.5. The van der Waals surface area contributed by atoms with Gasteiger partial charge in [-0.2, -0.15) is 9.37 Å². The van der Waals surface area contributed by atoms with Gasteiger partial charge in [0, 0.05) is 62.8 Å². The molecular formula is C49H57F2N7O7S. The molecule has 2 atom stereocenters. The fourth-order valence-electron chi connectivity index (χ4n) is 10.8. The second kappa shape index (κ2) is 17.9. The largest absolute Gasteiger partial charge is 0.452 e. The second-order valence-electron chi connectivity index (χ2n) is 19.6. The van der Waals surface area contributed by atoms with E-state index in [2.05, 4.69) is 63.2 Å². The molecule has 5 aromatic rings. The maximum Gasteiger partial charge on any atom is 0.293 e. The topological polar surface area (TPSA) is 183 Å². The molecule has 350 valence electrons. The van der Waals surface area contributed by atoms with E-state index in [1.807, 2.05) is 4.72 Å². The predicted octanol–water partition coefficient (Wildman–Crippen LogP) is 9.38. The summed E-state index contributed by atoms with van der Waals surface area (Å²) in [6.07, 6.45) is 9.19. The zero-order valence-corrected chi connectivity index (χ0v) is 38.3. The number of nitro benzene ring substituents is 1. The highest BCUT2D eigenvalue weighted by Gasteiger charge is 2.49. The molecule has 2 saturated carbocycles. The molecule has 1 spiro atoms. The lowest BCUT2D eigenvalue weighted by Crippen LogP contribution is -2.63. The minimum absolute atomic E-state index is 0.0469. The normalized spacial score (nSPS) is 23.3. The summed E-state index contributed by atoms with van der Waals surface area (Å²) in [5.41, 5.74) is 2.33. The summed E-state index contributed by atoms with van der Waals surface area (Å²) in [5, 5.41) is 25.5. The van der Waals surface area contributed by atoms with Crippen LogP contribution in [0.15, 0.2) is 77.8 Å². The molecule has 0 radical (unpaired) electrons. The summed E-state index contributed by atoms with van der Waals surface area (Å²) in [6, 6.07) is 18.5. The van der Waals surface area contributed by atoms with Crippen molar-refractivity contribution in [3.8, 4) is 11.5 Å². The lowest BCUT2D eigenvalue weighted by atomic mass is 9.70. The van der Waals surface area contributed by atoms with Gasteiger partial charge >= 0.3 is 0 Å². The highest BCUT2D eigenvalue weighted by molar-refractivity contribution is 7.90. The lowest BCUT2D eigenvalue weighted by molar-refractivity contribution is -0.384. The highest BCUT2D eigenvalue weighted by atomic mass is 32.2. The minimum atomic E-state index is -4.70. The van der Waals surface area contributed by atoms with E-state index in [0.29, 0.717) is 56.0 Å². The number of hydrogen-bond donors (Lipinski definition) is 4. The molecule has 17 heteroatoms. The van der Waals surface area contributed by atoms with Gasteiger partial charge in [-0.05, 0) is 123 Å². The molecule has 14 nitrogen and oxygen atoms in total. The van der Waals surface area contributed by atoms with Crippen molar-refractivity contribution in [1.82, 2.24) is 19.6 Å². The summed E-state index contributed by atoms with van der Waals surface area (Å²) in [5.74, 6) is -2.44. The Morgan fingerprint density at radius 3 is 2.47 bits per heavy atom. The first-order valence-electron chi connectivity index (χ1n) is 23.0. The number of aromatic nitrogens is 2. The van der Waals surface area contributed by atoms with Gasteiger partial charge in [-0.25, -0.2) is 17.5 Å². The van der Waals surface area contributed by atoms with Gasteiger partial charge in [-0.15, -0.1) is 0 Å². The van der Waals surface area contributed by atoms with Gasteiger partial charge in [0.2, 0.25) is 0 Å². The monoisotopic (exact) mass is 925 g/mol. The van der Waals surface area contributed by atoms with Crippen molar-refractivity contribution in [2.24, 2.45) is 11.3 Å². The van der Waals surface area contributed by atoms with E-state index in [9.17, 15) is 32.8 Å². The predicted molar refractivity (Wildman–Crippen MR) is 248 cm³/mol. The number of aliphatic hydroxyl groups is 1. The number of likely N-dealkylation sites (tertiary alicyclic amines) is 1. The zero-order valence-electron chi connectivity index (χ0n) is 37.5. The van der Waals surface area contributed by atoms with Crippen LogP contribution in [0.1, 0.15) is 112 Å². The maximum absolute atomic E-state index is 15.4. The van der Waals surface area contributed by atoms with Crippen LogP contribution >= 0.6 is 0 Å². The SMILES string of the molecule is CC(C)c1ccccc1[C@H]1CCC[C@H]1N1CC2(CCN(c3ccc(C(=O)NS(=O)(=O)c4ccc(NCC5CCC(C)(O)CC5)c([N+](=O)[O-])c4)c(Oc4cc5c(F)c[nH]c5nc4F)c3)CC2)C1. The number of benzene rings is 3. The lowest BCUT2D eigenvalue weighted by Gasteiger charge is -2.57. The molecule has 9 rings (SSSR count). The van der Waals surface area contributed by atoms with Crippen molar-refractivity contribution in [3.05, 3.63) is 111 Å². The van der Waals surface area contributed by atoms with Crippen LogP contribution in [-0.2, 0) is 10.0 Å². The van der Waals surface area contributed by atoms with Crippen LogP contribution in [0.25, 0.3) is 11.0 Å². The molecular weight excluding hydrogens is 869 g/mol. The van der Waals surface area contributed by atoms with Gasteiger partial charge in [-0.3, -0.25) is 19.8 Å². The third kappa shape index (κ3) is 9.21. The number of pyridine rings is 1. The number of ether oxygens (including phenoxy) is 1. The van der Waals surface area contributed by atoms with Crippen molar-refractivity contribution < 1.29 is 36.8 Å². The Morgan fingerprint density at radius 2 is 1.74 bits per heavy atom. The zero-order chi connectivity index (χ0) is 46.5. The van der Waals surface area contributed by atoms with E-state index in [-0.39, 0.29) is 39.4 Å². The smallest absolute Gasteiger partial charge is 0.293 e. The van der Waals surface area contributed by atoms with Crippen molar-refractivity contribution in [2.45, 2.75) is 107 Å². The molecule has 2 saturated heterocycles. The average Bonchev–Trinajstić information content (AvgIpc) is 3.91. The van der Waals surface area contributed by atoms with Gasteiger partial charge < -0.3 is 25.0 Å². The number of piperidine rings is 1. The first-order chi connectivity index (χ1) is 31.5. The molecule has 2 aliphatic carbocycles. The Hall–Kier alpha value is -5.65. The van der Waals surface area contributed by atoms with E-state index in [1.54, 1.807) is 13.0 Å². The van der Waals surface area contributed by atoms with E-state index in [4.69, 9.17) is 4.74 Å². The van der Waals surface area contributed by atoms with Gasteiger partial charge in [0.1, 0.15) is 22.9 Å². The molecule has 66 heavy (non-hydrogen) atoms. The number of H-pyrrole nitrogens is 1. The molecule has 4 aliphatic rings. The number of halogens is 2. The fourth-order valence-corrected chi connectivity index (χ4v) is 11.8. The number of fused-ring (bicyclic) bond motifs is 1. The molecule has 3 aromatic carbocycles. The molecule has 0 unspecified atom stereocenters. The third-order valence-electron chi connectivity index (χ3n) is 14.7. The van der Waals surface area contributed by atoms with E-state index >= 15 is 4.39 Å². The number of rotatable bonds is 13. The summed E-state index contributed by atoms with van der Waals surface area (Å²) in [7, 11) is -4.70. The first kappa shape index (κ1) is 45.5. The van der Waals surface area contributed by atoms with Crippen LogP contribution in [0.5, 0.6) is 11.5 Å². The maximum atomic E-state index is 15.4. The Kier molecular flexibility index (Phi) is 12.3. The van der Waals surface area contributed by atoms with E-state index in [0.717, 1.165) is 57.1 Å². The Bertz CT molecular complexity index is 2760. The molecule has 2 aliphatic heterocycles. The molecule has 2 aromatic heterocycles. The van der Waals surface area contributed by atoms with Crippen LogP contribution in [0.2, 0.25) is 0 Å². The van der Waals surface area contributed by atoms with Crippen molar-refractivity contribution in [2.75, 3.05) is 42.9 Å². The number of hydrogen-bond acceptors (Lipinski definition) is 11. The Morgan fingerprint density at radius 1 is 1.00 bits per heavy atom. The van der Waals surface area contributed by atoms with Gasteiger partial charge in [0.15, 0.2) is 5.75 Å². The van der Waals surface area contributed by atoms with Gasteiger partial charge in [-0.1, -0.05) is 44.5 Å². The molecule has 1 amide bonds. The third-order valence-corrected chi connectivity index (χ3v) is 16.0. The highest BCUT2D eigenvalue weighted by Crippen LogP contribution is 2.49. The molecule has 4 N–H and O–H groups in total. The number of anilines is 2. The fraction of sp³-hybridized carbons (Fsp3) is 0.469. The van der Waals surface area contributed by atoms with Crippen molar-refractivity contribution in [1.29, 1.82) is 0 Å². The molecule has 4 fully saturated rings. The number of aromatic amines is 1. The average molecular weight is 926 g/mol. The summed E-state index contributed by atoms with van der Waals surface area (Å²) in [6.45, 7) is 10.2. The number of nitro groups is 1. The Balaban J connectivity index is 0.917. The standard InChI is InChI=1S/C49H57F2N7O7S/c1-30(2)34-7-4-5-8-35(34)36-9-6-10-41(36)57-28-49(29-57)19-21-56(22-20-49)32-11-13-37(43(23-32)65-44-25-38-39(50)27-53-46(38)54-45(44)51)47(59)55-66(63,64)33-12-14-40(42(24-33)58(61)62)52-26-31-15-17-48(3,60)18-16-31/h4-5,7-8,11-14,23-25,27,30-31,36,41,52,60H,6,9-10,15-22,26,28-29H2,1-3H3,(H,53,54)(H,55,59)/t31?,36-,41-,48?/m1/s1. The van der Waals surface area contributed by atoms with Crippen LogP contribution in [0.4, 0.5) is 25.8 Å². The van der Waals surface area contributed by atoms with Crippen LogP contribution in [-0.4, -0.2) is 83.6 Å². The number of amides is 1. The molecule has 4 heterocycles. The second-order valence-corrected chi connectivity index (χ2v) is 21.2. The molecule has 0 bridgehead atoms. The van der Waals surface area contributed by atoms with Crippen molar-refractivity contribution >= 4 is 44.0 Å². The van der Waals surface area contributed by atoms with Crippen molar-refractivity contribution in [3.63, 3.8) is 0 Å². The van der Waals surface area contributed by atoms with E-state index in [1.165, 1.54) is 54.7 Å². The van der Waals surface area contributed by atoms with Crippen LogP contribution < -0.4 is 19.7 Å². The number of carbonyl (C=O) groups excluding carboxylic acids is 1. The summed E-state index contributed by atoms with van der Waals surface area (Å²) < 4.78 is 65.5.